The third kappa shape index (κ3) is 2.92. The van der Waals surface area contributed by atoms with Crippen molar-refractivity contribution < 1.29 is 9.48 Å². The van der Waals surface area contributed by atoms with Crippen molar-refractivity contribution >= 4 is 43.6 Å². The molecule has 2 heterocycles. The molecule has 0 radical (unpaired) electrons. The molecule has 0 aliphatic heterocycles. The number of hydrogen-bond donors (Lipinski definition) is 2. The van der Waals surface area contributed by atoms with Crippen molar-refractivity contribution in [3.8, 4) is 0 Å². The van der Waals surface area contributed by atoms with E-state index in [4.69, 9.17) is 0 Å². The van der Waals surface area contributed by atoms with Gasteiger partial charge in [0.05, 0.1) is 0 Å². The zero-order valence-electron chi connectivity index (χ0n) is 8.87. The standard InChI is InChI=1S/C10H8Br2N4O/c1-16-5-7(12)9(15-16)10(17)14-8-3-2-6(11)4-13-8/h2-5H,1H3,(H,13,14,17)/p+1. The van der Waals surface area contributed by atoms with Crippen LogP contribution in [0.2, 0.25) is 0 Å². The number of carbonyl (C=O) groups is 1. The van der Waals surface area contributed by atoms with Crippen LogP contribution in [0.4, 0.5) is 5.82 Å². The second kappa shape index (κ2) is 4.97. The normalized spacial score (nSPS) is 10.3. The average Bonchev–Trinajstić information content (AvgIpc) is 2.61. The van der Waals surface area contributed by atoms with Crippen LogP contribution in [-0.4, -0.2) is 16.0 Å². The molecule has 0 aliphatic carbocycles. The van der Waals surface area contributed by atoms with Gasteiger partial charge in [0.1, 0.15) is 10.3 Å². The van der Waals surface area contributed by atoms with E-state index in [1.54, 1.807) is 30.2 Å². The summed E-state index contributed by atoms with van der Waals surface area (Å²) in [4.78, 5) is 16.0. The lowest BCUT2D eigenvalue weighted by Gasteiger charge is -2.01. The monoisotopic (exact) mass is 359 g/mol. The molecule has 1 amide bonds. The summed E-state index contributed by atoms with van der Waals surface area (Å²) in [5.74, 6) is 0.259. The maximum absolute atomic E-state index is 11.9. The Hall–Kier alpha value is -1.21. The first-order chi connectivity index (χ1) is 8.06. The third-order valence-electron chi connectivity index (χ3n) is 2.03. The maximum atomic E-state index is 11.9. The summed E-state index contributed by atoms with van der Waals surface area (Å²) in [5, 5.41) is 5.59. The summed E-state index contributed by atoms with van der Waals surface area (Å²) in [7, 11) is 1.80. The molecule has 0 spiro atoms. The Bertz CT molecular complexity index is 550. The first kappa shape index (κ1) is 12.3. The maximum Gasteiger partial charge on any atom is 0.280 e. The van der Waals surface area contributed by atoms with Crippen molar-refractivity contribution in [1.82, 2.24) is 10.1 Å². The van der Waals surface area contributed by atoms with E-state index in [2.05, 4.69) is 47.3 Å². The minimum Gasteiger partial charge on any atom is -0.305 e. The van der Waals surface area contributed by atoms with Crippen LogP contribution in [0, 0.1) is 0 Å². The smallest absolute Gasteiger partial charge is 0.280 e. The van der Waals surface area contributed by atoms with Crippen molar-refractivity contribution in [3.05, 3.63) is 39.2 Å². The third-order valence-corrected chi connectivity index (χ3v) is 3.10. The molecule has 7 heteroatoms. The molecule has 88 valence electrons. The number of anilines is 1. The zero-order valence-corrected chi connectivity index (χ0v) is 12.0. The van der Waals surface area contributed by atoms with Crippen LogP contribution in [0.3, 0.4) is 0 Å². The molecule has 0 atom stereocenters. The van der Waals surface area contributed by atoms with Gasteiger partial charge in [0.25, 0.3) is 5.91 Å². The van der Waals surface area contributed by atoms with E-state index < -0.39 is 0 Å². The number of aryl methyl sites for hydroxylation is 1. The summed E-state index contributed by atoms with van der Waals surface area (Å²) in [6.45, 7) is 0. The number of nitrogens with one attached hydrogen (secondary N) is 2. The summed E-state index contributed by atoms with van der Waals surface area (Å²) in [6, 6.07) is 3.53. The van der Waals surface area contributed by atoms with Gasteiger partial charge >= 0.3 is 0 Å². The van der Waals surface area contributed by atoms with Crippen LogP contribution in [0.25, 0.3) is 0 Å². The minimum absolute atomic E-state index is 0.243. The molecule has 0 saturated heterocycles. The van der Waals surface area contributed by atoms with E-state index in [0.29, 0.717) is 16.0 Å². The van der Waals surface area contributed by atoms with Crippen LogP contribution in [0.5, 0.6) is 0 Å². The van der Waals surface area contributed by atoms with Crippen LogP contribution in [0.15, 0.2) is 33.5 Å². The summed E-state index contributed by atoms with van der Waals surface area (Å²) >= 11 is 6.58. The van der Waals surface area contributed by atoms with E-state index >= 15 is 0 Å². The van der Waals surface area contributed by atoms with E-state index in [1.807, 2.05) is 6.07 Å². The second-order valence-electron chi connectivity index (χ2n) is 3.39. The number of rotatable bonds is 2. The lowest BCUT2D eigenvalue weighted by molar-refractivity contribution is -0.727. The SMILES string of the molecule is C[n+]1cc(Br)c(C(=O)Nc2ccc(Br)cn2)[nH]1. The number of H-pyrrole nitrogens is 1. The van der Waals surface area contributed by atoms with Gasteiger partial charge in [-0.1, -0.05) is 0 Å². The molecule has 0 fully saturated rings. The highest BCUT2D eigenvalue weighted by Crippen LogP contribution is 2.15. The van der Waals surface area contributed by atoms with Crippen molar-refractivity contribution in [2.24, 2.45) is 7.05 Å². The molecule has 0 unspecified atom stereocenters. The van der Waals surface area contributed by atoms with Gasteiger partial charge in [0, 0.05) is 10.7 Å². The van der Waals surface area contributed by atoms with Crippen LogP contribution in [-0.2, 0) is 7.05 Å². The van der Waals surface area contributed by atoms with Crippen molar-refractivity contribution in [2.45, 2.75) is 0 Å². The lowest BCUT2D eigenvalue weighted by atomic mass is 10.4. The Morgan fingerprint density at radius 2 is 2.24 bits per heavy atom. The van der Waals surface area contributed by atoms with Gasteiger partial charge < -0.3 is 5.32 Å². The molecular formula is C10H9Br2N4O+. The van der Waals surface area contributed by atoms with Crippen molar-refractivity contribution in [1.29, 1.82) is 0 Å². The number of halogens is 2. The Morgan fingerprint density at radius 1 is 1.47 bits per heavy atom. The molecule has 0 aromatic carbocycles. The molecule has 0 aliphatic rings. The number of aromatic nitrogens is 3. The van der Waals surface area contributed by atoms with E-state index in [9.17, 15) is 4.79 Å². The van der Waals surface area contributed by atoms with Crippen molar-refractivity contribution in [3.63, 3.8) is 0 Å². The van der Waals surface area contributed by atoms with Gasteiger partial charge in [-0.2, -0.15) is 5.10 Å². The molecular weight excluding hydrogens is 352 g/mol. The number of carbonyl (C=O) groups excluding carboxylic acids is 1. The highest BCUT2D eigenvalue weighted by atomic mass is 79.9. The molecule has 0 bridgehead atoms. The highest BCUT2D eigenvalue weighted by molar-refractivity contribution is 9.10. The topological polar surface area (TPSA) is 61.7 Å². The number of aromatic amines is 1. The molecule has 2 rings (SSSR count). The summed E-state index contributed by atoms with van der Waals surface area (Å²) in [6.07, 6.45) is 3.39. The molecule has 2 aromatic heterocycles. The molecule has 0 saturated carbocycles. The largest absolute Gasteiger partial charge is 0.305 e. The van der Waals surface area contributed by atoms with E-state index in [0.717, 1.165) is 4.47 Å². The Kier molecular flexibility index (Phi) is 3.58. The van der Waals surface area contributed by atoms with Crippen LogP contribution in [0.1, 0.15) is 10.5 Å². The van der Waals surface area contributed by atoms with Gasteiger partial charge in [-0.25, -0.2) is 4.98 Å². The lowest BCUT2D eigenvalue weighted by Crippen LogP contribution is -2.29. The van der Waals surface area contributed by atoms with E-state index in [1.165, 1.54) is 0 Å². The van der Waals surface area contributed by atoms with Crippen LogP contribution < -0.4 is 10.00 Å². The number of hydrogen-bond acceptors (Lipinski definition) is 2. The predicted molar refractivity (Wildman–Crippen MR) is 69.6 cm³/mol. The Labute approximate surface area is 114 Å². The molecule has 5 nitrogen and oxygen atoms in total. The molecule has 17 heavy (non-hydrogen) atoms. The fourth-order valence-corrected chi connectivity index (χ4v) is 2.09. The van der Waals surface area contributed by atoms with Gasteiger partial charge in [-0.05, 0) is 44.0 Å². The molecule has 2 aromatic rings. The fraction of sp³-hybridized carbons (Fsp3) is 0.100. The number of pyridine rings is 1. The number of amides is 1. The predicted octanol–water partition coefficient (Wildman–Crippen LogP) is 2.01. The van der Waals surface area contributed by atoms with Gasteiger partial charge in [-0.15, -0.1) is 4.68 Å². The van der Waals surface area contributed by atoms with Gasteiger partial charge in [-0.3, -0.25) is 4.79 Å². The average molecular weight is 361 g/mol. The Morgan fingerprint density at radius 3 is 2.76 bits per heavy atom. The first-order valence-corrected chi connectivity index (χ1v) is 6.32. The zero-order chi connectivity index (χ0) is 12.4. The minimum atomic E-state index is -0.243. The quantitative estimate of drug-likeness (QED) is 0.805. The van der Waals surface area contributed by atoms with Crippen LogP contribution >= 0.6 is 31.9 Å². The van der Waals surface area contributed by atoms with Gasteiger partial charge in [0.15, 0.2) is 12.7 Å². The highest BCUT2D eigenvalue weighted by Gasteiger charge is 2.17. The fourth-order valence-electron chi connectivity index (χ4n) is 1.28. The van der Waals surface area contributed by atoms with E-state index in [-0.39, 0.29) is 5.91 Å². The van der Waals surface area contributed by atoms with Gasteiger partial charge in [0.2, 0.25) is 6.20 Å². The summed E-state index contributed by atoms with van der Waals surface area (Å²) < 4.78 is 3.26. The summed E-state index contributed by atoms with van der Waals surface area (Å²) in [5.41, 5.74) is 0.456. The number of nitrogens with zero attached hydrogens (tertiary/aromatic N) is 2. The second-order valence-corrected chi connectivity index (χ2v) is 5.16. The Balaban J connectivity index is 2.17. The van der Waals surface area contributed by atoms with Crippen molar-refractivity contribution in [2.75, 3.05) is 5.32 Å². The molecule has 2 N–H and O–H groups in total. The first-order valence-electron chi connectivity index (χ1n) is 4.73.